The van der Waals surface area contributed by atoms with Crippen molar-refractivity contribution in [3.05, 3.63) is 34.3 Å². The van der Waals surface area contributed by atoms with Gasteiger partial charge in [0.25, 0.3) is 0 Å². The van der Waals surface area contributed by atoms with Crippen molar-refractivity contribution in [3.63, 3.8) is 0 Å². The monoisotopic (exact) mass is 343 g/mol. The Morgan fingerprint density at radius 2 is 1.67 bits per heavy atom. The second-order valence-corrected chi connectivity index (χ2v) is 7.92. The molecule has 0 amide bonds. The molecule has 0 radical (unpaired) electrons. The molecule has 0 heterocycles. The topological polar surface area (TPSA) is 12.0 Å². The molecular formula is C22H30ClN. The Kier molecular flexibility index (Phi) is 7.06. The van der Waals surface area contributed by atoms with E-state index in [4.69, 9.17) is 11.6 Å². The molecule has 1 nitrogen and oxygen atoms in total. The van der Waals surface area contributed by atoms with Crippen LogP contribution < -0.4 is 5.32 Å². The van der Waals surface area contributed by atoms with Crippen LogP contribution in [0.4, 0.5) is 0 Å². The van der Waals surface area contributed by atoms with Gasteiger partial charge in [0.1, 0.15) is 0 Å². The van der Waals surface area contributed by atoms with Crippen LogP contribution in [0.15, 0.2) is 18.2 Å². The fourth-order valence-electron chi connectivity index (χ4n) is 4.23. The Balaban J connectivity index is 1.47. The lowest BCUT2D eigenvalue weighted by molar-refractivity contribution is 0.347. The molecule has 0 saturated heterocycles. The van der Waals surface area contributed by atoms with Gasteiger partial charge in [-0.15, -0.1) is 0 Å². The normalized spacial score (nSPS) is 19.7. The highest BCUT2D eigenvalue weighted by molar-refractivity contribution is 6.31. The predicted molar refractivity (Wildman–Crippen MR) is 104 cm³/mol. The van der Waals surface area contributed by atoms with E-state index < -0.39 is 0 Å². The molecule has 0 unspecified atom stereocenters. The second-order valence-electron chi connectivity index (χ2n) is 7.51. The van der Waals surface area contributed by atoms with Crippen molar-refractivity contribution < 1.29 is 0 Å². The standard InChI is InChI=1S/C22H30ClN/c23-22-16-18(13-14-21(22)20-11-5-2-6-12-20)10-7-15-24-17-19-8-3-1-4-9-19/h13-14,16,19-20,24H,1-6,8-9,11-12,15,17H2. The third-order valence-corrected chi connectivity index (χ3v) is 5.98. The maximum atomic E-state index is 6.52. The van der Waals surface area contributed by atoms with Gasteiger partial charge in [-0.25, -0.2) is 0 Å². The molecule has 0 spiro atoms. The molecule has 2 heteroatoms. The first kappa shape index (κ1) is 17.8. The highest BCUT2D eigenvalue weighted by atomic mass is 35.5. The van der Waals surface area contributed by atoms with E-state index in [9.17, 15) is 0 Å². The summed E-state index contributed by atoms with van der Waals surface area (Å²) < 4.78 is 0. The molecule has 3 rings (SSSR count). The summed E-state index contributed by atoms with van der Waals surface area (Å²) in [5, 5.41) is 4.40. The number of hydrogen-bond donors (Lipinski definition) is 1. The van der Waals surface area contributed by atoms with Crippen LogP contribution in [0.25, 0.3) is 0 Å². The molecule has 24 heavy (non-hydrogen) atoms. The van der Waals surface area contributed by atoms with Crippen LogP contribution in [0, 0.1) is 17.8 Å². The zero-order chi connectivity index (χ0) is 16.6. The lowest BCUT2D eigenvalue weighted by Crippen LogP contribution is -2.24. The summed E-state index contributed by atoms with van der Waals surface area (Å²) >= 11 is 6.52. The molecule has 0 aromatic heterocycles. The first-order valence-electron chi connectivity index (χ1n) is 9.82. The molecule has 0 bridgehead atoms. The van der Waals surface area contributed by atoms with Crippen LogP contribution in [0.3, 0.4) is 0 Å². The highest BCUT2D eigenvalue weighted by Crippen LogP contribution is 2.36. The van der Waals surface area contributed by atoms with Crippen LogP contribution >= 0.6 is 11.6 Å². The smallest absolute Gasteiger partial charge is 0.0580 e. The van der Waals surface area contributed by atoms with Gasteiger partial charge >= 0.3 is 0 Å². The molecule has 0 aliphatic heterocycles. The molecule has 1 N–H and O–H groups in total. The van der Waals surface area contributed by atoms with Crippen LogP contribution in [-0.4, -0.2) is 13.1 Å². The number of hydrogen-bond acceptors (Lipinski definition) is 1. The molecule has 0 atom stereocenters. The van der Waals surface area contributed by atoms with E-state index in [0.717, 1.165) is 29.6 Å². The Morgan fingerprint density at radius 1 is 0.958 bits per heavy atom. The zero-order valence-corrected chi connectivity index (χ0v) is 15.5. The van der Waals surface area contributed by atoms with Gasteiger partial charge < -0.3 is 5.32 Å². The van der Waals surface area contributed by atoms with E-state index in [1.807, 2.05) is 0 Å². The average molecular weight is 344 g/mol. The summed E-state index contributed by atoms with van der Waals surface area (Å²) in [6.45, 7) is 1.90. The van der Waals surface area contributed by atoms with Crippen molar-refractivity contribution in [3.8, 4) is 11.8 Å². The fourth-order valence-corrected chi connectivity index (χ4v) is 4.56. The molecule has 2 fully saturated rings. The fraction of sp³-hybridized carbons (Fsp3) is 0.636. The van der Waals surface area contributed by atoms with Crippen LogP contribution in [-0.2, 0) is 0 Å². The number of nitrogens with one attached hydrogen (secondary N) is 1. The van der Waals surface area contributed by atoms with Crippen molar-refractivity contribution in [2.24, 2.45) is 5.92 Å². The Hall–Kier alpha value is -0.970. The van der Waals surface area contributed by atoms with E-state index in [0.29, 0.717) is 5.92 Å². The Morgan fingerprint density at radius 3 is 2.38 bits per heavy atom. The van der Waals surface area contributed by atoms with Gasteiger partial charge in [0.15, 0.2) is 0 Å². The molecule has 2 aliphatic carbocycles. The van der Waals surface area contributed by atoms with Gasteiger partial charge in [0.05, 0.1) is 6.54 Å². The molecular weight excluding hydrogens is 314 g/mol. The molecule has 130 valence electrons. The Bertz CT molecular complexity index is 571. The summed E-state index contributed by atoms with van der Waals surface area (Å²) in [6, 6.07) is 6.40. The molecule has 1 aromatic rings. The lowest BCUT2D eigenvalue weighted by atomic mass is 9.84. The summed E-state index contributed by atoms with van der Waals surface area (Å²) in [7, 11) is 0. The van der Waals surface area contributed by atoms with Gasteiger partial charge in [0.2, 0.25) is 0 Å². The Labute approximate surface area is 152 Å². The maximum absolute atomic E-state index is 6.52. The minimum Gasteiger partial charge on any atom is -0.306 e. The first-order chi connectivity index (χ1) is 11.8. The third kappa shape index (κ3) is 5.27. The average Bonchev–Trinajstić information content (AvgIpc) is 2.63. The predicted octanol–water partition coefficient (Wildman–Crippen LogP) is 5.91. The number of halogens is 1. The summed E-state index contributed by atoms with van der Waals surface area (Å²) in [5.74, 6) is 8.03. The SMILES string of the molecule is Clc1cc(C#CCNCC2CCCCC2)ccc1C1CCCCC1. The number of rotatable bonds is 4. The number of benzene rings is 1. The molecule has 2 saturated carbocycles. The minimum absolute atomic E-state index is 0.658. The second kappa shape index (κ2) is 9.50. The van der Waals surface area contributed by atoms with Crippen LogP contribution in [0.1, 0.15) is 81.3 Å². The van der Waals surface area contributed by atoms with Crippen molar-refractivity contribution in [2.45, 2.75) is 70.1 Å². The van der Waals surface area contributed by atoms with Crippen LogP contribution in [0.2, 0.25) is 5.02 Å². The van der Waals surface area contributed by atoms with E-state index in [1.165, 1.54) is 69.8 Å². The summed E-state index contributed by atoms with van der Waals surface area (Å²) in [4.78, 5) is 0. The van der Waals surface area contributed by atoms with Crippen molar-refractivity contribution in [1.29, 1.82) is 0 Å². The minimum atomic E-state index is 0.658. The molecule has 2 aliphatic rings. The quantitative estimate of drug-likeness (QED) is 0.529. The van der Waals surface area contributed by atoms with E-state index in [2.05, 4.69) is 35.4 Å². The first-order valence-corrected chi connectivity index (χ1v) is 10.2. The van der Waals surface area contributed by atoms with E-state index >= 15 is 0 Å². The van der Waals surface area contributed by atoms with Gasteiger partial charge in [-0.05, 0) is 61.8 Å². The van der Waals surface area contributed by atoms with Crippen molar-refractivity contribution in [2.75, 3.05) is 13.1 Å². The van der Waals surface area contributed by atoms with Crippen LogP contribution in [0.5, 0.6) is 0 Å². The highest BCUT2D eigenvalue weighted by Gasteiger charge is 2.17. The third-order valence-electron chi connectivity index (χ3n) is 5.65. The van der Waals surface area contributed by atoms with Crippen molar-refractivity contribution >= 4 is 11.6 Å². The van der Waals surface area contributed by atoms with E-state index in [1.54, 1.807) is 0 Å². The van der Waals surface area contributed by atoms with Gasteiger partial charge in [-0.2, -0.15) is 0 Å². The maximum Gasteiger partial charge on any atom is 0.0580 e. The summed E-state index contributed by atoms with van der Waals surface area (Å²) in [6.07, 6.45) is 13.7. The van der Waals surface area contributed by atoms with Gasteiger partial charge in [-0.1, -0.05) is 68.0 Å². The lowest BCUT2D eigenvalue weighted by Gasteiger charge is -2.22. The largest absolute Gasteiger partial charge is 0.306 e. The van der Waals surface area contributed by atoms with E-state index in [-0.39, 0.29) is 0 Å². The van der Waals surface area contributed by atoms with Gasteiger partial charge in [0, 0.05) is 10.6 Å². The van der Waals surface area contributed by atoms with Crippen molar-refractivity contribution in [1.82, 2.24) is 5.32 Å². The molecule has 1 aromatic carbocycles. The summed E-state index contributed by atoms with van der Waals surface area (Å²) in [5.41, 5.74) is 2.37. The van der Waals surface area contributed by atoms with Gasteiger partial charge in [-0.3, -0.25) is 0 Å². The zero-order valence-electron chi connectivity index (χ0n) is 14.7.